The van der Waals surface area contributed by atoms with Crippen molar-refractivity contribution in [1.82, 2.24) is 5.32 Å². The van der Waals surface area contributed by atoms with Crippen LogP contribution in [0.1, 0.15) is 24.2 Å². The van der Waals surface area contributed by atoms with E-state index < -0.39 is 55.9 Å². The second kappa shape index (κ2) is 15.1. The molecule has 0 aromatic heterocycles. The van der Waals surface area contributed by atoms with Crippen molar-refractivity contribution in [2.75, 3.05) is 49.3 Å². The van der Waals surface area contributed by atoms with Crippen molar-refractivity contribution in [3.63, 3.8) is 0 Å². The van der Waals surface area contributed by atoms with Crippen LogP contribution in [-0.2, 0) is 9.59 Å². The summed E-state index contributed by atoms with van der Waals surface area (Å²) in [6, 6.07) is 0. The Hall–Kier alpha value is -0.420. The van der Waals surface area contributed by atoms with Gasteiger partial charge in [0.15, 0.2) is 0 Å². The number of nitrogens with one attached hydrogen (secondary N) is 1. The number of carbonyl (C=O) groups excluding carboxylic acids is 3. The van der Waals surface area contributed by atoms with Crippen LogP contribution in [0.25, 0.3) is 0 Å². The van der Waals surface area contributed by atoms with Gasteiger partial charge in [-0.1, -0.05) is 0 Å². The number of halogens is 3. The second-order valence-electron chi connectivity index (χ2n) is 7.49. The van der Waals surface area contributed by atoms with E-state index in [1.54, 1.807) is 0 Å². The highest BCUT2D eigenvalue weighted by molar-refractivity contribution is 14.1. The summed E-state index contributed by atoms with van der Waals surface area (Å²) in [6.45, 7) is -0.217. The topological polar surface area (TPSA) is 191 Å². The molecular formula is C20H28I3N3O9. The number of rotatable bonds is 12. The zero-order valence-electron chi connectivity index (χ0n) is 18.9. The number of benzene rings is 1. The summed E-state index contributed by atoms with van der Waals surface area (Å²) in [5.74, 6) is -1.68. The summed E-state index contributed by atoms with van der Waals surface area (Å²) < 4.78 is 0.939. The summed E-state index contributed by atoms with van der Waals surface area (Å²) in [7, 11) is 0. The van der Waals surface area contributed by atoms with Gasteiger partial charge in [-0.25, -0.2) is 0 Å². The lowest BCUT2D eigenvalue weighted by molar-refractivity contribution is -0.117. The lowest BCUT2D eigenvalue weighted by Crippen LogP contribution is -2.42. The first-order valence-electron chi connectivity index (χ1n) is 10.2. The predicted molar refractivity (Wildman–Crippen MR) is 152 cm³/mol. The molecule has 3 unspecified atom stereocenters. The smallest absolute Gasteiger partial charge is 0.253 e. The van der Waals surface area contributed by atoms with E-state index in [0.29, 0.717) is 10.7 Å². The molecule has 0 bridgehead atoms. The van der Waals surface area contributed by atoms with E-state index in [9.17, 15) is 39.9 Å². The summed E-state index contributed by atoms with van der Waals surface area (Å²) in [5.41, 5.74) is 0.439. The van der Waals surface area contributed by atoms with E-state index in [1.807, 2.05) is 67.8 Å². The van der Waals surface area contributed by atoms with Crippen molar-refractivity contribution in [1.29, 1.82) is 0 Å². The first kappa shape index (κ1) is 32.6. The molecule has 0 saturated carbocycles. The Kier molecular flexibility index (Phi) is 14.1. The predicted octanol–water partition coefficient (Wildman–Crippen LogP) is -1.00. The minimum Gasteiger partial charge on any atom is -0.394 e. The van der Waals surface area contributed by atoms with Crippen molar-refractivity contribution >= 4 is 96.9 Å². The Morgan fingerprint density at radius 2 is 1.11 bits per heavy atom. The standard InChI is InChI=1S/C20H28I3N3O9/c1-9(30)25(4-12(33)7-28)18-15(21)14(20(35)24-3-11(32)6-27)16(22)19(17(18)23)26(10(2)31)5-13(34)8-29/h11-13,27-29,32-34H,3-8H2,1-2H3,(H,24,35). The van der Waals surface area contributed by atoms with E-state index in [-0.39, 0.29) is 36.6 Å². The highest BCUT2D eigenvalue weighted by atomic mass is 127. The third kappa shape index (κ3) is 8.55. The molecule has 1 aromatic carbocycles. The van der Waals surface area contributed by atoms with Gasteiger partial charge >= 0.3 is 0 Å². The Labute approximate surface area is 243 Å². The van der Waals surface area contributed by atoms with Gasteiger partial charge < -0.3 is 45.8 Å². The van der Waals surface area contributed by atoms with Gasteiger partial charge in [0.2, 0.25) is 11.8 Å². The molecule has 3 amide bonds. The maximum absolute atomic E-state index is 13.2. The number of aliphatic hydroxyl groups excluding tert-OH is 6. The monoisotopic (exact) mass is 835 g/mol. The molecular weight excluding hydrogens is 807 g/mol. The maximum Gasteiger partial charge on any atom is 0.253 e. The molecule has 1 rings (SSSR count). The lowest BCUT2D eigenvalue weighted by atomic mass is 10.1. The minimum atomic E-state index is -1.29. The van der Waals surface area contributed by atoms with Crippen molar-refractivity contribution in [2.24, 2.45) is 0 Å². The molecule has 1 aromatic rings. The molecule has 15 heteroatoms. The quantitative estimate of drug-likeness (QED) is 0.130. The van der Waals surface area contributed by atoms with Crippen LogP contribution in [0.15, 0.2) is 0 Å². The van der Waals surface area contributed by atoms with E-state index in [1.165, 1.54) is 23.6 Å². The number of aliphatic hydroxyl groups is 6. The van der Waals surface area contributed by atoms with Gasteiger partial charge in [0.1, 0.15) is 0 Å². The number of anilines is 2. The van der Waals surface area contributed by atoms with Gasteiger partial charge in [-0.05, 0) is 67.8 Å². The van der Waals surface area contributed by atoms with Gasteiger partial charge in [-0.15, -0.1) is 0 Å². The first-order valence-corrected chi connectivity index (χ1v) is 13.5. The summed E-state index contributed by atoms with van der Waals surface area (Å²) in [6.07, 6.45) is -3.78. The van der Waals surface area contributed by atoms with Crippen LogP contribution in [0.5, 0.6) is 0 Å². The zero-order valence-corrected chi connectivity index (χ0v) is 25.4. The van der Waals surface area contributed by atoms with Crippen molar-refractivity contribution in [3.8, 4) is 0 Å². The normalized spacial score (nSPS) is 13.7. The number of nitrogens with zero attached hydrogens (tertiary/aromatic N) is 2. The molecule has 0 spiro atoms. The molecule has 35 heavy (non-hydrogen) atoms. The Bertz CT molecular complexity index is 878. The molecule has 0 radical (unpaired) electrons. The van der Waals surface area contributed by atoms with Crippen LogP contribution in [0.3, 0.4) is 0 Å². The summed E-state index contributed by atoms with van der Waals surface area (Å²) in [5, 5.41) is 59.9. The van der Waals surface area contributed by atoms with E-state index >= 15 is 0 Å². The zero-order chi connectivity index (χ0) is 27.0. The molecule has 0 heterocycles. The molecule has 3 atom stereocenters. The third-order valence-corrected chi connectivity index (χ3v) is 7.84. The van der Waals surface area contributed by atoms with Gasteiger partial charge in [0.25, 0.3) is 5.91 Å². The van der Waals surface area contributed by atoms with Crippen LogP contribution in [0.2, 0.25) is 0 Å². The average Bonchev–Trinajstić information content (AvgIpc) is 2.80. The van der Waals surface area contributed by atoms with Crippen molar-refractivity contribution in [2.45, 2.75) is 32.2 Å². The molecule has 7 N–H and O–H groups in total. The number of hydrogen-bond donors (Lipinski definition) is 7. The largest absolute Gasteiger partial charge is 0.394 e. The fourth-order valence-corrected chi connectivity index (χ4v) is 7.79. The Balaban J connectivity index is 3.94. The lowest BCUT2D eigenvalue weighted by Gasteiger charge is -2.32. The van der Waals surface area contributed by atoms with E-state index in [0.717, 1.165) is 0 Å². The van der Waals surface area contributed by atoms with Crippen LogP contribution in [-0.4, -0.2) is 106 Å². The summed E-state index contributed by atoms with van der Waals surface area (Å²) >= 11 is 5.61. The fraction of sp³-hybridized carbons (Fsp3) is 0.550. The van der Waals surface area contributed by atoms with Crippen molar-refractivity contribution < 1.29 is 45.0 Å². The Morgan fingerprint density at radius 3 is 1.43 bits per heavy atom. The second-order valence-corrected chi connectivity index (χ2v) is 10.7. The van der Waals surface area contributed by atoms with Gasteiger partial charge in [0.05, 0.1) is 78.9 Å². The minimum absolute atomic E-state index is 0.0521. The van der Waals surface area contributed by atoms with Gasteiger partial charge in [0, 0.05) is 20.4 Å². The maximum atomic E-state index is 13.2. The first-order chi connectivity index (χ1) is 16.3. The SMILES string of the molecule is CC(=O)N(CC(O)CO)c1c(I)c(C(=O)NCC(O)CO)c(I)c(N(CC(O)CO)C(C)=O)c1I. The number of amides is 3. The molecule has 0 saturated heterocycles. The van der Waals surface area contributed by atoms with Gasteiger partial charge in [-0.3, -0.25) is 14.4 Å². The van der Waals surface area contributed by atoms with Crippen LogP contribution in [0.4, 0.5) is 11.4 Å². The molecule has 0 fully saturated rings. The summed E-state index contributed by atoms with van der Waals surface area (Å²) in [4.78, 5) is 40.6. The van der Waals surface area contributed by atoms with E-state index in [2.05, 4.69) is 5.32 Å². The van der Waals surface area contributed by atoms with Crippen LogP contribution in [0, 0.1) is 10.7 Å². The van der Waals surface area contributed by atoms with Crippen LogP contribution >= 0.6 is 67.8 Å². The highest BCUT2D eigenvalue weighted by Gasteiger charge is 2.33. The molecule has 12 nitrogen and oxygen atoms in total. The van der Waals surface area contributed by atoms with E-state index in [4.69, 9.17) is 5.11 Å². The molecule has 198 valence electrons. The average molecular weight is 835 g/mol. The van der Waals surface area contributed by atoms with Crippen molar-refractivity contribution in [3.05, 3.63) is 16.3 Å². The third-order valence-electron chi connectivity index (χ3n) is 4.71. The van der Waals surface area contributed by atoms with Crippen LogP contribution < -0.4 is 15.1 Å². The fourth-order valence-electron chi connectivity index (χ4n) is 2.97. The highest BCUT2D eigenvalue weighted by Crippen LogP contribution is 2.42. The number of carbonyl (C=O) groups is 3. The molecule has 0 aliphatic rings. The molecule has 0 aliphatic heterocycles. The number of hydrogen-bond acceptors (Lipinski definition) is 9. The van der Waals surface area contributed by atoms with Gasteiger partial charge in [-0.2, -0.15) is 0 Å². The molecule has 0 aliphatic carbocycles. The Morgan fingerprint density at radius 1 is 0.743 bits per heavy atom.